The molecule has 1 N–H and O–H groups in total. The molecule has 0 radical (unpaired) electrons. The Bertz CT molecular complexity index is 785. The van der Waals surface area contributed by atoms with Crippen molar-refractivity contribution in [2.45, 2.75) is 51.9 Å². The summed E-state index contributed by atoms with van der Waals surface area (Å²) in [5, 5.41) is 5.85. The Hall–Kier alpha value is -1.92. The SMILES string of the molecule is C.COC(=O)Cc1csc(NC(=O)C(CC2CCCC2)c2ccc(Cl)cc2)n1. The zero-order valence-corrected chi connectivity index (χ0v) is 16.8. The fourth-order valence-electron chi connectivity index (χ4n) is 3.53. The van der Waals surface area contributed by atoms with Crippen molar-refractivity contribution in [2.24, 2.45) is 5.92 Å². The van der Waals surface area contributed by atoms with Crippen molar-refractivity contribution in [3.63, 3.8) is 0 Å². The Morgan fingerprint density at radius 2 is 1.96 bits per heavy atom. The summed E-state index contributed by atoms with van der Waals surface area (Å²) in [5.74, 6) is -0.0810. The number of amides is 1. The van der Waals surface area contributed by atoms with E-state index in [-0.39, 0.29) is 31.6 Å². The molecular formula is C21H27ClN2O3S. The van der Waals surface area contributed by atoms with Crippen LogP contribution in [0.15, 0.2) is 29.6 Å². The van der Waals surface area contributed by atoms with Gasteiger partial charge in [0.25, 0.3) is 0 Å². The van der Waals surface area contributed by atoms with Gasteiger partial charge < -0.3 is 10.1 Å². The lowest BCUT2D eigenvalue weighted by molar-refractivity contribution is -0.139. The number of rotatable bonds is 7. The molecule has 1 aromatic heterocycles. The van der Waals surface area contributed by atoms with Gasteiger partial charge in [-0.3, -0.25) is 9.59 Å². The van der Waals surface area contributed by atoms with Crippen LogP contribution in [-0.2, 0) is 20.7 Å². The predicted molar refractivity (Wildman–Crippen MR) is 114 cm³/mol. The van der Waals surface area contributed by atoms with Crippen LogP contribution in [0.25, 0.3) is 0 Å². The Balaban J connectivity index is 0.00000280. The molecule has 1 unspecified atom stereocenters. The fraction of sp³-hybridized carbons (Fsp3) is 0.476. The third kappa shape index (κ3) is 6.04. The van der Waals surface area contributed by atoms with E-state index in [0.29, 0.717) is 21.8 Å². The van der Waals surface area contributed by atoms with E-state index >= 15 is 0 Å². The summed E-state index contributed by atoms with van der Waals surface area (Å²) in [6.07, 6.45) is 5.77. The van der Waals surface area contributed by atoms with Gasteiger partial charge in [-0.1, -0.05) is 56.8 Å². The average molecular weight is 423 g/mol. The molecule has 0 bridgehead atoms. The van der Waals surface area contributed by atoms with E-state index in [2.05, 4.69) is 15.0 Å². The molecule has 1 heterocycles. The van der Waals surface area contributed by atoms with Crippen molar-refractivity contribution in [1.29, 1.82) is 0 Å². The molecule has 1 atom stereocenters. The number of nitrogens with one attached hydrogen (secondary N) is 1. The molecular weight excluding hydrogens is 396 g/mol. The minimum atomic E-state index is -0.349. The smallest absolute Gasteiger partial charge is 0.311 e. The third-order valence-corrected chi connectivity index (χ3v) is 6.03. The van der Waals surface area contributed by atoms with Gasteiger partial charge in [0, 0.05) is 10.4 Å². The molecule has 1 aliphatic rings. The Morgan fingerprint density at radius 1 is 1.29 bits per heavy atom. The molecule has 1 aromatic carbocycles. The van der Waals surface area contributed by atoms with Crippen molar-refractivity contribution < 1.29 is 14.3 Å². The van der Waals surface area contributed by atoms with Gasteiger partial charge in [-0.05, 0) is 30.0 Å². The number of halogens is 1. The number of carbonyl (C=O) groups excluding carboxylic acids is 2. The molecule has 152 valence electrons. The van der Waals surface area contributed by atoms with Gasteiger partial charge in [0.2, 0.25) is 5.91 Å². The zero-order chi connectivity index (χ0) is 19.2. The lowest BCUT2D eigenvalue weighted by Gasteiger charge is -2.20. The van der Waals surface area contributed by atoms with Crippen LogP contribution in [0, 0.1) is 5.92 Å². The number of esters is 1. The number of carbonyl (C=O) groups is 2. The Kier molecular flexibility index (Phi) is 8.45. The monoisotopic (exact) mass is 422 g/mol. The van der Waals surface area contributed by atoms with Crippen LogP contribution in [-0.4, -0.2) is 24.0 Å². The van der Waals surface area contributed by atoms with Crippen molar-refractivity contribution in [3.8, 4) is 0 Å². The highest BCUT2D eigenvalue weighted by Gasteiger charge is 2.27. The second kappa shape index (κ2) is 10.6. The summed E-state index contributed by atoms with van der Waals surface area (Å²) in [6.45, 7) is 0. The summed E-state index contributed by atoms with van der Waals surface area (Å²) in [7, 11) is 1.34. The molecule has 7 heteroatoms. The van der Waals surface area contributed by atoms with Gasteiger partial charge in [0.1, 0.15) is 0 Å². The van der Waals surface area contributed by atoms with E-state index in [9.17, 15) is 9.59 Å². The molecule has 1 fully saturated rings. The maximum Gasteiger partial charge on any atom is 0.311 e. The summed E-state index contributed by atoms with van der Waals surface area (Å²) in [5.41, 5.74) is 1.57. The molecule has 1 amide bonds. The number of methoxy groups -OCH3 is 1. The van der Waals surface area contributed by atoms with E-state index in [1.54, 1.807) is 5.38 Å². The zero-order valence-electron chi connectivity index (χ0n) is 15.2. The van der Waals surface area contributed by atoms with Gasteiger partial charge in [-0.25, -0.2) is 4.98 Å². The standard InChI is InChI=1S/C20H23ClN2O3S.CH4/c1-26-18(24)11-16-12-27-20(22-16)23-19(25)17(10-13-4-2-3-5-13)14-6-8-15(21)9-7-14;/h6-9,12-13,17H,2-5,10-11H2,1H3,(H,22,23,25);1H4. The van der Waals surface area contributed by atoms with Crippen LogP contribution in [0.5, 0.6) is 0 Å². The lowest BCUT2D eigenvalue weighted by atomic mass is 9.87. The maximum atomic E-state index is 13.0. The molecule has 1 aliphatic carbocycles. The van der Waals surface area contributed by atoms with Crippen LogP contribution in [0.2, 0.25) is 5.02 Å². The first-order valence-corrected chi connectivity index (χ1v) is 10.4. The topological polar surface area (TPSA) is 68.3 Å². The first-order chi connectivity index (χ1) is 13.0. The van der Waals surface area contributed by atoms with Gasteiger partial charge >= 0.3 is 5.97 Å². The minimum absolute atomic E-state index is 0. The van der Waals surface area contributed by atoms with E-state index in [4.69, 9.17) is 11.6 Å². The second-order valence-corrected chi connectivity index (χ2v) is 8.17. The summed E-state index contributed by atoms with van der Waals surface area (Å²) >= 11 is 7.32. The molecule has 0 saturated heterocycles. The molecule has 2 aromatic rings. The maximum absolute atomic E-state index is 13.0. The molecule has 5 nitrogen and oxygen atoms in total. The van der Waals surface area contributed by atoms with Crippen LogP contribution < -0.4 is 5.32 Å². The molecule has 1 saturated carbocycles. The van der Waals surface area contributed by atoms with Crippen molar-refractivity contribution in [1.82, 2.24) is 4.98 Å². The average Bonchev–Trinajstić information content (AvgIpc) is 3.32. The highest BCUT2D eigenvalue weighted by atomic mass is 35.5. The highest BCUT2D eigenvalue weighted by Crippen LogP contribution is 2.35. The normalized spacial score (nSPS) is 14.9. The molecule has 28 heavy (non-hydrogen) atoms. The number of thiazole rings is 1. The summed E-state index contributed by atoms with van der Waals surface area (Å²) < 4.78 is 4.65. The van der Waals surface area contributed by atoms with E-state index < -0.39 is 0 Å². The number of ether oxygens (including phenoxy) is 1. The fourth-order valence-corrected chi connectivity index (χ4v) is 4.37. The van der Waals surface area contributed by atoms with Crippen LogP contribution in [0.3, 0.4) is 0 Å². The quantitative estimate of drug-likeness (QED) is 0.602. The Morgan fingerprint density at radius 3 is 2.61 bits per heavy atom. The van der Waals surface area contributed by atoms with E-state index in [1.807, 2.05) is 24.3 Å². The summed E-state index contributed by atoms with van der Waals surface area (Å²) in [6, 6.07) is 7.49. The number of nitrogens with zero attached hydrogens (tertiary/aromatic N) is 1. The first kappa shape index (κ1) is 22.4. The van der Waals surface area contributed by atoms with Crippen LogP contribution in [0.1, 0.15) is 56.7 Å². The van der Waals surface area contributed by atoms with Crippen molar-refractivity contribution in [3.05, 3.63) is 45.9 Å². The van der Waals surface area contributed by atoms with Gasteiger partial charge in [-0.15, -0.1) is 11.3 Å². The van der Waals surface area contributed by atoms with Gasteiger partial charge in [0.05, 0.1) is 25.1 Å². The number of hydrogen-bond donors (Lipinski definition) is 1. The summed E-state index contributed by atoms with van der Waals surface area (Å²) in [4.78, 5) is 28.7. The Labute approximate surface area is 175 Å². The lowest BCUT2D eigenvalue weighted by Crippen LogP contribution is -2.23. The van der Waals surface area contributed by atoms with Gasteiger partial charge in [0.15, 0.2) is 5.13 Å². The van der Waals surface area contributed by atoms with Crippen LogP contribution in [0.4, 0.5) is 5.13 Å². The number of aromatic nitrogens is 1. The van der Waals surface area contributed by atoms with E-state index in [0.717, 1.165) is 12.0 Å². The molecule has 3 rings (SSSR count). The van der Waals surface area contributed by atoms with Gasteiger partial charge in [-0.2, -0.15) is 0 Å². The first-order valence-electron chi connectivity index (χ1n) is 9.12. The van der Waals surface area contributed by atoms with Crippen molar-refractivity contribution >= 4 is 39.9 Å². The second-order valence-electron chi connectivity index (χ2n) is 6.88. The van der Waals surface area contributed by atoms with E-state index in [1.165, 1.54) is 44.1 Å². The number of hydrogen-bond acceptors (Lipinski definition) is 5. The molecule has 0 spiro atoms. The van der Waals surface area contributed by atoms with Crippen LogP contribution >= 0.6 is 22.9 Å². The number of anilines is 1. The predicted octanol–water partition coefficient (Wildman–Crippen LogP) is 5.45. The third-order valence-electron chi connectivity index (χ3n) is 4.97. The largest absolute Gasteiger partial charge is 0.469 e. The minimum Gasteiger partial charge on any atom is -0.469 e. The molecule has 0 aliphatic heterocycles. The highest BCUT2D eigenvalue weighted by molar-refractivity contribution is 7.13. The number of benzene rings is 1. The van der Waals surface area contributed by atoms with Crippen molar-refractivity contribution in [2.75, 3.05) is 12.4 Å².